The van der Waals surface area contributed by atoms with Crippen LogP contribution in [0.25, 0.3) is 0 Å². The van der Waals surface area contributed by atoms with E-state index in [2.05, 4.69) is 48.3 Å². The molecular weight excluding hydrogens is 262 g/mol. The molecule has 3 rings (SSSR count). The molecule has 0 spiro atoms. The fourth-order valence-electron chi connectivity index (χ4n) is 3.67. The van der Waals surface area contributed by atoms with Crippen molar-refractivity contribution in [2.45, 2.75) is 68.4 Å². The van der Waals surface area contributed by atoms with Crippen LogP contribution in [0.15, 0.2) is 24.3 Å². The minimum Gasteiger partial charge on any atom is -0.309 e. The summed E-state index contributed by atoms with van der Waals surface area (Å²) in [6.45, 7) is 3.40. The Labute approximate surface area is 127 Å². The van der Waals surface area contributed by atoms with Gasteiger partial charge >= 0.3 is 0 Å². The standard InChI is InChI=1S/C18H27NS/c1-2-12-19-18-16-11-7-6-8-14(16)13-17(18)20-15-9-4-3-5-10-15/h6-8,11,15,17-19H,2-5,9-10,12-13H2,1H3. The van der Waals surface area contributed by atoms with Gasteiger partial charge in [-0.3, -0.25) is 0 Å². The van der Waals surface area contributed by atoms with Gasteiger partial charge in [0.1, 0.15) is 0 Å². The molecule has 2 aliphatic rings. The van der Waals surface area contributed by atoms with E-state index in [9.17, 15) is 0 Å². The van der Waals surface area contributed by atoms with Crippen LogP contribution in [0.1, 0.15) is 62.6 Å². The maximum Gasteiger partial charge on any atom is 0.0446 e. The van der Waals surface area contributed by atoms with Crippen LogP contribution in [0.4, 0.5) is 0 Å². The molecule has 0 saturated heterocycles. The summed E-state index contributed by atoms with van der Waals surface area (Å²) in [7, 11) is 0. The summed E-state index contributed by atoms with van der Waals surface area (Å²) < 4.78 is 0. The minimum absolute atomic E-state index is 0.582. The molecule has 2 heteroatoms. The molecule has 0 amide bonds. The van der Waals surface area contributed by atoms with Crippen LogP contribution >= 0.6 is 11.8 Å². The summed E-state index contributed by atoms with van der Waals surface area (Å²) in [6.07, 6.45) is 9.72. The molecule has 0 aromatic heterocycles. The zero-order valence-corrected chi connectivity index (χ0v) is 13.4. The molecule has 1 saturated carbocycles. The Hall–Kier alpha value is -0.470. The minimum atomic E-state index is 0.582. The van der Waals surface area contributed by atoms with E-state index in [1.54, 1.807) is 11.1 Å². The summed E-state index contributed by atoms with van der Waals surface area (Å²) in [6, 6.07) is 9.65. The van der Waals surface area contributed by atoms with Crippen LogP contribution in [0.5, 0.6) is 0 Å². The number of fused-ring (bicyclic) bond motifs is 1. The van der Waals surface area contributed by atoms with Crippen molar-refractivity contribution in [3.8, 4) is 0 Å². The van der Waals surface area contributed by atoms with Crippen molar-refractivity contribution < 1.29 is 0 Å². The molecule has 1 nitrogen and oxygen atoms in total. The highest BCUT2D eigenvalue weighted by Gasteiger charge is 2.34. The first-order valence-electron chi connectivity index (χ1n) is 8.35. The van der Waals surface area contributed by atoms with Gasteiger partial charge < -0.3 is 5.32 Å². The summed E-state index contributed by atoms with van der Waals surface area (Å²) in [4.78, 5) is 0. The zero-order chi connectivity index (χ0) is 13.8. The number of hydrogen-bond acceptors (Lipinski definition) is 2. The molecule has 0 heterocycles. The Bertz CT molecular complexity index is 425. The largest absolute Gasteiger partial charge is 0.309 e. The Balaban J connectivity index is 1.69. The van der Waals surface area contributed by atoms with Crippen molar-refractivity contribution in [1.82, 2.24) is 5.32 Å². The molecule has 110 valence electrons. The van der Waals surface area contributed by atoms with E-state index in [1.807, 2.05) is 0 Å². The number of rotatable bonds is 5. The van der Waals surface area contributed by atoms with E-state index in [0.717, 1.165) is 17.0 Å². The maximum absolute atomic E-state index is 3.81. The number of benzene rings is 1. The first-order valence-corrected chi connectivity index (χ1v) is 9.29. The van der Waals surface area contributed by atoms with Crippen molar-refractivity contribution in [3.05, 3.63) is 35.4 Å². The number of thioether (sulfide) groups is 1. The Morgan fingerprint density at radius 2 is 1.95 bits per heavy atom. The Kier molecular flexibility index (Phi) is 5.06. The van der Waals surface area contributed by atoms with E-state index >= 15 is 0 Å². The van der Waals surface area contributed by atoms with Crippen molar-refractivity contribution in [2.75, 3.05) is 6.54 Å². The first kappa shape index (κ1) is 14.5. The van der Waals surface area contributed by atoms with Gasteiger partial charge in [-0.15, -0.1) is 0 Å². The van der Waals surface area contributed by atoms with Gasteiger partial charge in [-0.05, 0) is 43.4 Å². The fourth-order valence-corrected chi connectivity index (χ4v) is 5.45. The molecule has 1 N–H and O–H groups in total. The molecule has 0 radical (unpaired) electrons. The molecule has 20 heavy (non-hydrogen) atoms. The second-order valence-electron chi connectivity index (χ2n) is 6.27. The lowest BCUT2D eigenvalue weighted by Gasteiger charge is -2.28. The van der Waals surface area contributed by atoms with Crippen LogP contribution < -0.4 is 5.32 Å². The number of nitrogens with one attached hydrogen (secondary N) is 1. The lowest BCUT2D eigenvalue weighted by molar-refractivity contribution is 0.505. The molecule has 1 aromatic rings. The normalized spacial score (nSPS) is 26.6. The third-order valence-electron chi connectivity index (χ3n) is 4.72. The monoisotopic (exact) mass is 289 g/mol. The highest BCUT2D eigenvalue weighted by molar-refractivity contribution is 8.00. The van der Waals surface area contributed by atoms with Crippen LogP contribution in [-0.4, -0.2) is 17.0 Å². The van der Waals surface area contributed by atoms with Crippen molar-refractivity contribution in [2.24, 2.45) is 0 Å². The van der Waals surface area contributed by atoms with Crippen LogP contribution in [0.2, 0.25) is 0 Å². The molecule has 2 aliphatic carbocycles. The van der Waals surface area contributed by atoms with Gasteiger partial charge in [0.2, 0.25) is 0 Å². The van der Waals surface area contributed by atoms with Crippen LogP contribution in [-0.2, 0) is 6.42 Å². The smallest absolute Gasteiger partial charge is 0.0446 e. The fraction of sp³-hybridized carbons (Fsp3) is 0.667. The summed E-state index contributed by atoms with van der Waals surface area (Å²) in [5, 5.41) is 5.47. The quantitative estimate of drug-likeness (QED) is 0.842. The van der Waals surface area contributed by atoms with Crippen molar-refractivity contribution >= 4 is 11.8 Å². The van der Waals surface area contributed by atoms with Crippen LogP contribution in [0.3, 0.4) is 0 Å². The third-order valence-corrected chi connectivity index (χ3v) is 6.36. The molecule has 2 atom stereocenters. The Morgan fingerprint density at radius 3 is 2.75 bits per heavy atom. The maximum atomic E-state index is 3.81. The molecule has 1 fully saturated rings. The molecule has 0 aliphatic heterocycles. The van der Waals surface area contributed by atoms with Crippen molar-refractivity contribution in [1.29, 1.82) is 0 Å². The lowest BCUT2D eigenvalue weighted by Crippen LogP contribution is -2.29. The highest BCUT2D eigenvalue weighted by atomic mass is 32.2. The lowest BCUT2D eigenvalue weighted by atomic mass is 10.0. The zero-order valence-electron chi connectivity index (χ0n) is 12.6. The second-order valence-corrected chi connectivity index (χ2v) is 7.81. The summed E-state index contributed by atoms with van der Waals surface area (Å²) in [5.74, 6) is 0. The van der Waals surface area contributed by atoms with E-state index in [4.69, 9.17) is 0 Å². The highest BCUT2D eigenvalue weighted by Crippen LogP contribution is 2.42. The second kappa shape index (κ2) is 7.00. The average Bonchev–Trinajstić information content (AvgIpc) is 2.83. The predicted octanol–water partition coefficient (Wildman–Crippen LogP) is 4.72. The summed E-state index contributed by atoms with van der Waals surface area (Å²) in [5.41, 5.74) is 3.14. The predicted molar refractivity (Wildman–Crippen MR) is 89.4 cm³/mol. The summed E-state index contributed by atoms with van der Waals surface area (Å²) >= 11 is 2.28. The SMILES string of the molecule is CCCNC1c2ccccc2CC1SC1CCCCC1. The van der Waals surface area contributed by atoms with E-state index < -0.39 is 0 Å². The van der Waals surface area contributed by atoms with E-state index in [0.29, 0.717) is 6.04 Å². The van der Waals surface area contributed by atoms with E-state index in [-0.39, 0.29) is 0 Å². The van der Waals surface area contributed by atoms with Gasteiger partial charge in [0, 0.05) is 16.5 Å². The number of hydrogen-bond donors (Lipinski definition) is 1. The van der Waals surface area contributed by atoms with Gasteiger partial charge in [-0.2, -0.15) is 11.8 Å². The molecule has 2 unspecified atom stereocenters. The van der Waals surface area contributed by atoms with Gasteiger partial charge in [0.25, 0.3) is 0 Å². The van der Waals surface area contributed by atoms with Gasteiger partial charge in [0.05, 0.1) is 0 Å². The van der Waals surface area contributed by atoms with Gasteiger partial charge in [0.15, 0.2) is 0 Å². The van der Waals surface area contributed by atoms with E-state index in [1.165, 1.54) is 44.9 Å². The van der Waals surface area contributed by atoms with Gasteiger partial charge in [-0.25, -0.2) is 0 Å². The first-order chi connectivity index (χ1) is 9.88. The van der Waals surface area contributed by atoms with Gasteiger partial charge in [-0.1, -0.05) is 50.5 Å². The average molecular weight is 289 g/mol. The molecule has 0 bridgehead atoms. The topological polar surface area (TPSA) is 12.0 Å². The van der Waals surface area contributed by atoms with Crippen LogP contribution in [0, 0.1) is 0 Å². The van der Waals surface area contributed by atoms with Crippen molar-refractivity contribution in [3.63, 3.8) is 0 Å². The Morgan fingerprint density at radius 1 is 1.15 bits per heavy atom. The molecule has 1 aromatic carbocycles. The molecular formula is C18H27NS. The third kappa shape index (κ3) is 3.23.